The van der Waals surface area contributed by atoms with Crippen LogP contribution in [0.2, 0.25) is 0 Å². The Morgan fingerprint density at radius 3 is 2.50 bits per heavy atom. The van der Waals surface area contributed by atoms with Gasteiger partial charge in [0, 0.05) is 0 Å². The number of hydrogen-bond acceptors (Lipinski definition) is 2. The van der Waals surface area contributed by atoms with E-state index in [1.54, 1.807) is 0 Å². The maximum Gasteiger partial charge on any atom is 0.182 e. The van der Waals surface area contributed by atoms with Crippen molar-refractivity contribution in [3.63, 3.8) is 0 Å². The molecule has 0 amide bonds. The number of Topliss-reactive ketones (excluding diaryl/α,β-unsaturated/α-hetero) is 1. The molecule has 0 fully saturated rings. The van der Waals surface area contributed by atoms with Crippen LogP contribution in [0.25, 0.3) is 0 Å². The van der Waals surface area contributed by atoms with E-state index in [4.69, 9.17) is 0 Å². The first-order valence-electron chi connectivity index (χ1n) is 3.71. The van der Waals surface area contributed by atoms with Gasteiger partial charge in [0.2, 0.25) is 0 Å². The Morgan fingerprint density at radius 1 is 1.50 bits per heavy atom. The van der Waals surface area contributed by atoms with Gasteiger partial charge in [0.25, 0.3) is 0 Å². The molecule has 0 heterocycles. The second-order valence-electron chi connectivity index (χ2n) is 2.62. The van der Waals surface area contributed by atoms with E-state index in [1.165, 1.54) is 14.0 Å². The number of carbonyl (C=O) groups excluding carboxylic acids is 1. The molecular formula is C9H7BrF2O2. The van der Waals surface area contributed by atoms with E-state index in [1.807, 2.05) is 0 Å². The Labute approximate surface area is 88.0 Å². The quantitative estimate of drug-likeness (QED) is 0.607. The zero-order chi connectivity index (χ0) is 10.9. The number of rotatable bonds is 2. The van der Waals surface area contributed by atoms with Crippen molar-refractivity contribution in [3.8, 4) is 5.75 Å². The number of halogens is 3. The van der Waals surface area contributed by atoms with Crippen LogP contribution < -0.4 is 4.74 Å². The normalized spacial score (nSPS) is 10.1. The molecule has 0 saturated carbocycles. The van der Waals surface area contributed by atoms with Crippen LogP contribution in [0.1, 0.15) is 17.3 Å². The summed E-state index contributed by atoms with van der Waals surface area (Å²) in [5.74, 6) is -2.43. The summed E-state index contributed by atoms with van der Waals surface area (Å²) in [7, 11) is 1.22. The molecule has 0 spiro atoms. The van der Waals surface area contributed by atoms with Crippen LogP contribution in [-0.2, 0) is 0 Å². The molecule has 0 N–H and O–H groups in total. The van der Waals surface area contributed by atoms with Gasteiger partial charge in [0.05, 0.1) is 17.1 Å². The SMILES string of the molecule is COc1c(C(C)=O)cc(F)c(Br)c1F. The van der Waals surface area contributed by atoms with Gasteiger partial charge in [-0.1, -0.05) is 0 Å². The topological polar surface area (TPSA) is 26.3 Å². The minimum Gasteiger partial charge on any atom is -0.493 e. The predicted octanol–water partition coefficient (Wildman–Crippen LogP) is 2.94. The van der Waals surface area contributed by atoms with E-state index in [2.05, 4.69) is 20.7 Å². The van der Waals surface area contributed by atoms with Gasteiger partial charge in [0.15, 0.2) is 17.3 Å². The summed E-state index contributed by atoms with van der Waals surface area (Å²) in [4.78, 5) is 11.0. The summed E-state index contributed by atoms with van der Waals surface area (Å²) in [6.45, 7) is 1.21. The van der Waals surface area contributed by atoms with Crippen LogP contribution in [-0.4, -0.2) is 12.9 Å². The highest BCUT2D eigenvalue weighted by Gasteiger charge is 2.19. The Bertz CT molecular complexity index is 391. The van der Waals surface area contributed by atoms with E-state index in [-0.39, 0.29) is 15.8 Å². The van der Waals surface area contributed by atoms with Crippen molar-refractivity contribution < 1.29 is 18.3 Å². The van der Waals surface area contributed by atoms with Gasteiger partial charge in [-0.05, 0) is 28.9 Å². The number of carbonyl (C=O) groups is 1. The van der Waals surface area contributed by atoms with Crippen molar-refractivity contribution in [3.05, 3.63) is 27.7 Å². The Kier molecular flexibility index (Phi) is 3.21. The fraction of sp³-hybridized carbons (Fsp3) is 0.222. The molecule has 76 valence electrons. The Morgan fingerprint density at radius 2 is 2.07 bits per heavy atom. The summed E-state index contributed by atoms with van der Waals surface area (Å²) in [6, 6.07) is 0.939. The van der Waals surface area contributed by atoms with Crippen LogP contribution >= 0.6 is 15.9 Å². The van der Waals surface area contributed by atoms with Crippen LogP contribution in [0, 0.1) is 11.6 Å². The van der Waals surface area contributed by atoms with Crippen molar-refractivity contribution in [1.82, 2.24) is 0 Å². The monoisotopic (exact) mass is 264 g/mol. The average molecular weight is 265 g/mol. The average Bonchev–Trinajstić information content (AvgIpc) is 2.13. The van der Waals surface area contributed by atoms with Crippen molar-refractivity contribution >= 4 is 21.7 Å². The smallest absolute Gasteiger partial charge is 0.182 e. The lowest BCUT2D eigenvalue weighted by molar-refractivity contribution is 0.101. The van der Waals surface area contributed by atoms with Gasteiger partial charge in [-0.25, -0.2) is 8.78 Å². The van der Waals surface area contributed by atoms with Gasteiger partial charge in [-0.3, -0.25) is 4.79 Å². The van der Waals surface area contributed by atoms with E-state index in [0.717, 1.165) is 6.07 Å². The largest absolute Gasteiger partial charge is 0.493 e. The fourth-order valence-corrected chi connectivity index (χ4v) is 1.33. The third-order valence-corrected chi connectivity index (χ3v) is 2.43. The molecule has 5 heteroatoms. The lowest BCUT2D eigenvalue weighted by Gasteiger charge is -2.08. The lowest BCUT2D eigenvalue weighted by atomic mass is 10.1. The van der Waals surface area contributed by atoms with Gasteiger partial charge in [-0.2, -0.15) is 0 Å². The number of methoxy groups -OCH3 is 1. The Hall–Kier alpha value is -0.970. The molecule has 0 radical (unpaired) electrons. The third kappa shape index (κ3) is 1.77. The molecule has 0 aromatic heterocycles. The van der Waals surface area contributed by atoms with Gasteiger partial charge in [-0.15, -0.1) is 0 Å². The zero-order valence-corrected chi connectivity index (χ0v) is 9.11. The van der Waals surface area contributed by atoms with Crippen molar-refractivity contribution in [2.24, 2.45) is 0 Å². The molecule has 1 aromatic carbocycles. The van der Waals surface area contributed by atoms with Crippen molar-refractivity contribution in [2.75, 3.05) is 7.11 Å². The molecule has 1 rings (SSSR count). The number of hydrogen-bond donors (Lipinski definition) is 0. The first-order chi connectivity index (χ1) is 6.49. The summed E-state index contributed by atoms with van der Waals surface area (Å²) in [5, 5.41) is 0. The minimum absolute atomic E-state index is 0.106. The molecule has 0 saturated heterocycles. The van der Waals surface area contributed by atoms with E-state index in [0.29, 0.717) is 0 Å². The molecule has 0 bridgehead atoms. The molecule has 0 atom stereocenters. The highest BCUT2D eigenvalue weighted by Crippen LogP contribution is 2.31. The number of ether oxygens (including phenoxy) is 1. The summed E-state index contributed by atoms with van der Waals surface area (Å²) in [6.07, 6.45) is 0. The molecule has 0 aliphatic rings. The zero-order valence-electron chi connectivity index (χ0n) is 7.53. The summed E-state index contributed by atoms with van der Waals surface area (Å²) >= 11 is 2.71. The number of ketones is 1. The number of benzene rings is 1. The fourth-order valence-electron chi connectivity index (χ4n) is 1.04. The van der Waals surface area contributed by atoms with Crippen LogP contribution in [0.3, 0.4) is 0 Å². The molecule has 14 heavy (non-hydrogen) atoms. The second kappa shape index (κ2) is 4.04. The Balaban J connectivity index is 3.51. The molecular weight excluding hydrogens is 258 g/mol. The third-order valence-electron chi connectivity index (χ3n) is 1.70. The standard InChI is InChI=1S/C9H7BrF2O2/c1-4(13)5-3-6(11)7(10)8(12)9(5)14-2/h3H,1-2H3. The summed E-state index contributed by atoms with van der Waals surface area (Å²) in [5.41, 5.74) is -0.106. The van der Waals surface area contributed by atoms with E-state index < -0.39 is 17.4 Å². The predicted molar refractivity (Wildman–Crippen MR) is 50.6 cm³/mol. The minimum atomic E-state index is -0.905. The van der Waals surface area contributed by atoms with Gasteiger partial charge >= 0.3 is 0 Å². The first kappa shape index (κ1) is 11.1. The molecule has 0 aliphatic carbocycles. The molecule has 1 aromatic rings. The maximum absolute atomic E-state index is 13.3. The van der Waals surface area contributed by atoms with Crippen LogP contribution in [0.4, 0.5) is 8.78 Å². The van der Waals surface area contributed by atoms with Gasteiger partial charge < -0.3 is 4.74 Å². The van der Waals surface area contributed by atoms with Crippen LogP contribution in [0.5, 0.6) is 5.75 Å². The molecule has 0 aliphatic heterocycles. The molecule has 2 nitrogen and oxygen atoms in total. The highest BCUT2D eigenvalue weighted by molar-refractivity contribution is 9.10. The summed E-state index contributed by atoms with van der Waals surface area (Å²) < 4.78 is 30.7. The van der Waals surface area contributed by atoms with E-state index in [9.17, 15) is 13.6 Å². The first-order valence-corrected chi connectivity index (χ1v) is 4.50. The second-order valence-corrected chi connectivity index (χ2v) is 3.42. The van der Waals surface area contributed by atoms with Crippen LogP contribution in [0.15, 0.2) is 10.5 Å². The van der Waals surface area contributed by atoms with Crippen molar-refractivity contribution in [1.29, 1.82) is 0 Å². The highest BCUT2D eigenvalue weighted by atomic mass is 79.9. The van der Waals surface area contributed by atoms with Crippen molar-refractivity contribution in [2.45, 2.75) is 6.92 Å². The lowest BCUT2D eigenvalue weighted by Crippen LogP contribution is -2.02. The maximum atomic E-state index is 13.3. The van der Waals surface area contributed by atoms with Gasteiger partial charge in [0.1, 0.15) is 5.82 Å². The van der Waals surface area contributed by atoms with E-state index >= 15 is 0 Å². The molecule has 0 unspecified atom stereocenters.